The average molecular weight is 244 g/mol. The molecule has 0 bridgehead atoms. The molecular weight excluding hydrogens is 235 g/mol. The highest BCUT2D eigenvalue weighted by molar-refractivity contribution is 14.1. The largest absolute Gasteiger partial charge is 0.352 e. The van der Waals surface area contributed by atoms with Crippen molar-refractivity contribution in [2.75, 3.05) is 13.2 Å². The number of halogens is 1. The number of carbonyl (C=O) groups excluding carboxylic acids is 1. The van der Waals surface area contributed by atoms with E-state index in [1.54, 1.807) is 23.0 Å². The van der Waals surface area contributed by atoms with E-state index in [2.05, 4.69) is 5.32 Å². The van der Waals surface area contributed by atoms with Crippen LogP contribution in [0.5, 0.6) is 0 Å². The number of amides is 2. The van der Waals surface area contributed by atoms with Gasteiger partial charge in [0.1, 0.15) is 23.0 Å². The van der Waals surface area contributed by atoms with Crippen molar-refractivity contribution in [3.8, 4) is 0 Å². The molecule has 4 nitrogen and oxygen atoms in total. The maximum Gasteiger partial charge on any atom is 0.312 e. The van der Waals surface area contributed by atoms with Gasteiger partial charge in [0.15, 0.2) is 0 Å². The molecule has 54 valence electrons. The third-order valence-electron chi connectivity index (χ3n) is 0.697. The van der Waals surface area contributed by atoms with Crippen molar-refractivity contribution in [2.24, 2.45) is 5.73 Å². The molecule has 0 fully saturated rings. The number of hydrogen-bond acceptors (Lipinski definition) is 2. The van der Waals surface area contributed by atoms with Crippen molar-refractivity contribution in [2.45, 2.75) is 6.42 Å². The van der Waals surface area contributed by atoms with E-state index in [1.807, 2.05) is 0 Å². The van der Waals surface area contributed by atoms with Crippen LogP contribution in [-0.2, 0) is 3.07 Å². The zero-order valence-electron chi connectivity index (χ0n) is 4.89. The lowest BCUT2D eigenvalue weighted by molar-refractivity contribution is 0.248. The minimum atomic E-state index is -0.483. The predicted octanol–water partition coefficient (Wildman–Crippen LogP) is 0.411. The lowest BCUT2D eigenvalue weighted by Gasteiger charge is -1.97. The SMILES string of the molecule is NC(=O)NCCCOI. The van der Waals surface area contributed by atoms with Crippen molar-refractivity contribution in [3.63, 3.8) is 0 Å². The maximum atomic E-state index is 10.0. The second-order valence-electron chi connectivity index (χ2n) is 1.46. The van der Waals surface area contributed by atoms with Crippen LogP contribution >= 0.6 is 23.0 Å². The minimum absolute atomic E-state index is 0.483. The molecule has 0 aromatic rings. The highest BCUT2D eigenvalue weighted by atomic mass is 127. The van der Waals surface area contributed by atoms with E-state index in [1.165, 1.54) is 0 Å². The van der Waals surface area contributed by atoms with E-state index in [0.717, 1.165) is 6.42 Å². The predicted molar refractivity (Wildman–Crippen MR) is 42.2 cm³/mol. The molecule has 0 aliphatic heterocycles. The summed E-state index contributed by atoms with van der Waals surface area (Å²) in [4.78, 5) is 10.0. The highest BCUT2D eigenvalue weighted by Crippen LogP contribution is 1.86. The van der Waals surface area contributed by atoms with Crippen molar-refractivity contribution >= 4 is 29.0 Å². The Kier molecular flexibility index (Phi) is 6.06. The molecule has 5 heteroatoms. The first kappa shape index (κ1) is 8.96. The molecule has 0 aromatic heterocycles. The van der Waals surface area contributed by atoms with Crippen LogP contribution in [0.1, 0.15) is 6.42 Å². The number of urea groups is 1. The fraction of sp³-hybridized carbons (Fsp3) is 0.750. The molecule has 3 N–H and O–H groups in total. The molecule has 0 aliphatic carbocycles. The number of carbonyl (C=O) groups is 1. The van der Waals surface area contributed by atoms with Crippen molar-refractivity contribution in [1.82, 2.24) is 5.32 Å². The molecule has 0 unspecified atom stereocenters. The summed E-state index contributed by atoms with van der Waals surface area (Å²) in [5.74, 6) is 0. The van der Waals surface area contributed by atoms with Gasteiger partial charge in [-0.25, -0.2) is 4.79 Å². The average Bonchev–Trinajstić information content (AvgIpc) is 1.80. The van der Waals surface area contributed by atoms with Crippen LogP contribution in [0, 0.1) is 0 Å². The highest BCUT2D eigenvalue weighted by Gasteiger charge is 1.89. The van der Waals surface area contributed by atoms with Crippen molar-refractivity contribution in [1.29, 1.82) is 0 Å². The summed E-state index contributed by atoms with van der Waals surface area (Å²) >= 11 is 1.80. The minimum Gasteiger partial charge on any atom is -0.352 e. The number of primary amides is 1. The molecule has 0 radical (unpaired) electrons. The lowest BCUT2D eigenvalue weighted by atomic mass is 10.5. The summed E-state index contributed by atoms with van der Waals surface area (Å²) in [6.07, 6.45) is 0.797. The van der Waals surface area contributed by atoms with E-state index in [0.29, 0.717) is 13.2 Å². The number of nitrogens with two attached hydrogens (primary N) is 1. The fourth-order valence-corrected chi connectivity index (χ4v) is 0.650. The standard InChI is InChI=1S/C4H9IN2O2/c5-9-3-1-2-7-4(6)8/h1-3H2,(H3,6,7,8). The van der Waals surface area contributed by atoms with Gasteiger partial charge in [-0.05, 0) is 6.42 Å². The number of nitrogens with one attached hydrogen (secondary N) is 1. The van der Waals surface area contributed by atoms with E-state index >= 15 is 0 Å². The molecule has 0 aliphatic rings. The maximum absolute atomic E-state index is 10.0. The summed E-state index contributed by atoms with van der Waals surface area (Å²) < 4.78 is 4.70. The van der Waals surface area contributed by atoms with Gasteiger partial charge in [0.05, 0.1) is 6.61 Å². The molecule has 0 aromatic carbocycles. The molecule has 2 amide bonds. The molecular formula is C4H9IN2O2. The van der Waals surface area contributed by atoms with Crippen molar-refractivity contribution in [3.05, 3.63) is 0 Å². The van der Waals surface area contributed by atoms with Crippen LogP contribution in [0.15, 0.2) is 0 Å². The van der Waals surface area contributed by atoms with Gasteiger partial charge in [0, 0.05) is 6.54 Å². The first-order chi connectivity index (χ1) is 4.27. The van der Waals surface area contributed by atoms with Gasteiger partial charge in [-0.3, -0.25) is 0 Å². The van der Waals surface area contributed by atoms with Crippen LogP contribution in [0.4, 0.5) is 4.79 Å². The first-order valence-electron chi connectivity index (χ1n) is 2.54. The van der Waals surface area contributed by atoms with Gasteiger partial charge < -0.3 is 14.1 Å². The van der Waals surface area contributed by atoms with Crippen LogP contribution in [0.25, 0.3) is 0 Å². The smallest absolute Gasteiger partial charge is 0.312 e. The Morgan fingerprint density at radius 3 is 2.89 bits per heavy atom. The van der Waals surface area contributed by atoms with Crippen LogP contribution in [0.2, 0.25) is 0 Å². The summed E-state index contributed by atoms with van der Waals surface area (Å²) in [6.45, 7) is 1.22. The molecule has 0 atom stereocenters. The van der Waals surface area contributed by atoms with Gasteiger partial charge in [-0.15, -0.1) is 0 Å². The normalized spacial score (nSPS) is 9.00. The molecule has 0 saturated carbocycles. The van der Waals surface area contributed by atoms with Gasteiger partial charge >= 0.3 is 6.03 Å². The van der Waals surface area contributed by atoms with Gasteiger partial charge in [-0.2, -0.15) is 0 Å². The zero-order valence-corrected chi connectivity index (χ0v) is 7.05. The molecule has 9 heavy (non-hydrogen) atoms. The Morgan fingerprint density at radius 1 is 1.78 bits per heavy atom. The Balaban J connectivity index is 2.83. The second kappa shape index (κ2) is 6.09. The molecule has 0 heterocycles. The quantitative estimate of drug-likeness (QED) is 0.555. The van der Waals surface area contributed by atoms with Crippen LogP contribution in [-0.4, -0.2) is 19.2 Å². The van der Waals surface area contributed by atoms with Gasteiger partial charge in [0.25, 0.3) is 0 Å². The second-order valence-corrected chi connectivity index (χ2v) is 2.08. The summed E-state index contributed by atoms with van der Waals surface area (Å²) in [5.41, 5.74) is 4.78. The summed E-state index contributed by atoms with van der Waals surface area (Å²) in [6, 6.07) is -0.483. The lowest BCUT2D eigenvalue weighted by Crippen LogP contribution is -2.30. The first-order valence-corrected chi connectivity index (χ1v) is 3.42. The Bertz CT molecular complexity index is 88.6. The fourth-order valence-electron chi connectivity index (χ4n) is 0.338. The van der Waals surface area contributed by atoms with E-state index in [4.69, 9.17) is 8.80 Å². The Labute approximate surface area is 67.8 Å². The zero-order chi connectivity index (χ0) is 7.11. The Hall–Kier alpha value is -0.0400. The summed E-state index contributed by atoms with van der Waals surface area (Å²) in [7, 11) is 0. The number of rotatable bonds is 4. The third-order valence-corrected chi connectivity index (χ3v) is 1.14. The summed E-state index contributed by atoms with van der Waals surface area (Å²) in [5, 5.41) is 2.44. The van der Waals surface area contributed by atoms with E-state index in [-0.39, 0.29) is 0 Å². The van der Waals surface area contributed by atoms with E-state index in [9.17, 15) is 4.79 Å². The third kappa shape index (κ3) is 7.96. The topological polar surface area (TPSA) is 64.4 Å². The molecule has 0 saturated heterocycles. The monoisotopic (exact) mass is 244 g/mol. The molecule has 0 rings (SSSR count). The number of hydrogen-bond donors (Lipinski definition) is 2. The van der Waals surface area contributed by atoms with Gasteiger partial charge in [-0.1, -0.05) is 0 Å². The van der Waals surface area contributed by atoms with Crippen LogP contribution < -0.4 is 11.1 Å². The van der Waals surface area contributed by atoms with Crippen LogP contribution in [0.3, 0.4) is 0 Å². The van der Waals surface area contributed by atoms with E-state index < -0.39 is 6.03 Å². The molecule has 0 spiro atoms. The van der Waals surface area contributed by atoms with Crippen molar-refractivity contribution < 1.29 is 7.86 Å². The van der Waals surface area contributed by atoms with Gasteiger partial charge in [0.2, 0.25) is 0 Å². The Morgan fingerprint density at radius 2 is 2.44 bits per heavy atom.